The van der Waals surface area contributed by atoms with Crippen LogP contribution in [0.5, 0.6) is 0 Å². The summed E-state index contributed by atoms with van der Waals surface area (Å²) in [5, 5.41) is 2.27. The van der Waals surface area contributed by atoms with E-state index >= 15 is 0 Å². The van der Waals surface area contributed by atoms with Crippen molar-refractivity contribution in [1.82, 2.24) is 9.47 Å². The zero-order valence-electron chi connectivity index (χ0n) is 18.1. The number of benzene rings is 1. The van der Waals surface area contributed by atoms with Crippen molar-refractivity contribution in [2.45, 2.75) is 82.7 Å². The fraction of sp³-hybridized carbons (Fsp3) is 0.583. The third-order valence-electron chi connectivity index (χ3n) is 6.48. The molecule has 150 valence electrons. The summed E-state index contributed by atoms with van der Waals surface area (Å²) in [5.41, 5.74) is 4.56. The second-order valence-electron chi connectivity index (χ2n) is 8.89. The van der Waals surface area contributed by atoms with E-state index in [2.05, 4.69) is 93.6 Å². The maximum Gasteiger partial charge on any atom is 0.0534 e. The topological polar surface area (TPSA) is 8.17 Å². The van der Waals surface area contributed by atoms with E-state index in [9.17, 15) is 0 Å². The van der Waals surface area contributed by atoms with Crippen LogP contribution >= 0.6 is 10.0 Å². The first-order chi connectivity index (χ1) is 12.8. The number of nitrogens with zero attached hydrogens (tertiary/aromatic N) is 2. The zero-order valence-corrected chi connectivity index (χ0v) is 18.9. The van der Waals surface area contributed by atoms with Gasteiger partial charge in [0.1, 0.15) is 0 Å². The smallest absolute Gasteiger partial charge is 0.0534 e. The van der Waals surface area contributed by atoms with E-state index in [4.69, 9.17) is 0 Å². The molecule has 3 heteroatoms. The quantitative estimate of drug-likeness (QED) is 0.564. The highest BCUT2D eigenvalue weighted by molar-refractivity contribution is 8.34. The Morgan fingerprint density at radius 2 is 1.52 bits per heavy atom. The highest BCUT2D eigenvalue weighted by Gasteiger charge is 2.35. The van der Waals surface area contributed by atoms with Gasteiger partial charge in [-0.3, -0.25) is 4.90 Å². The molecule has 2 aromatic rings. The van der Waals surface area contributed by atoms with Gasteiger partial charge in [-0.05, 0) is 32.9 Å². The van der Waals surface area contributed by atoms with E-state index in [0.717, 1.165) is 28.8 Å². The van der Waals surface area contributed by atoms with E-state index in [-0.39, 0.29) is 0 Å². The molecule has 0 atom stereocenters. The van der Waals surface area contributed by atoms with Gasteiger partial charge in [0.2, 0.25) is 0 Å². The van der Waals surface area contributed by atoms with Crippen LogP contribution in [0.3, 0.4) is 0 Å². The molecule has 1 aromatic carbocycles. The molecule has 0 saturated carbocycles. The Morgan fingerprint density at radius 3 is 2.11 bits per heavy atom. The fourth-order valence-electron chi connectivity index (χ4n) is 5.00. The lowest BCUT2D eigenvalue weighted by molar-refractivity contribution is 0.243. The van der Waals surface area contributed by atoms with E-state index in [1.165, 1.54) is 24.4 Å². The Hall–Kier alpha value is -1.19. The first kappa shape index (κ1) is 20.5. The standard InChI is InChI=1S/C24H38N2S/c1-19(2)27(20(3)4,21(5)6)18-26-15-12-23-17-25(14-13-24(23)26)16-22-10-8-7-9-11-22/h7-12,15,19-21H,13-14,16-18H2,1-6H3. The van der Waals surface area contributed by atoms with Gasteiger partial charge in [0.25, 0.3) is 0 Å². The second-order valence-corrected chi connectivity index (χ2v) is 13.8. The van der Waals surface area contributed by atoms with Crippen molar-refractivity contribution >= 4 is 10.0 Å². The average Bonchev–Trinajstić information content (AvgIpc) is 3.01. The monoisotopic (exact) mass is 386 g/mol. The van der Waals surface area contributed by atoms with Gasteiger partial charge < -0.3 is 4.57 Å². The molecule has 0 saturated heterocycles. The maximum atomic E-state index is 2.63. The molecular weight excluding hydrogens is 348 g/mol. The van der Waals surface area contributed by atoms with E-state index in [1.807, 2.05) is 0 Å². The normalized spacial score (nSPS) is 16.3. The van der Waals surface area contributed by atoms with Crippen LogP contribution in [0.15, 0.2) is 42.6 Å². The minimum Gasteiger partial charge on any atom is -0.343 e. The lowest BCUT2D eigenvalue weighted by Crippen LogP contribution is -2.34. The van der Waals surface area contributed by atoms with Crippen molar-refractivity contribution in [3.63, 3.8) is 0 Å². The zero-order chi connectivity index (χ0) is 19.6. The molecule has 1 aliphatic heterocycles. The molecule has 0 bridgehead atoms. The largest absolute Gasteiger partial charge is 0.343 e. The van der Waals surface area contributed by atoms with Gasteiger partial charge in [0.15, 0.2) is 0 Å². The Kier molecular flexibility index (Phi) is 6.43. The maximum absolute atomic E-state index is 2.63. The van der Waals surface area contributed by atoms with Crippen molar-refractivity contribution < 1.29 is 0 Å². The molecule has 1 aliphatic rings. The van der Waals surface area contributed by atoms with Gasteiger partial charge >= 0.3 is 0 Å². The molecule has 0 spiro atoms. The lowest BCUT2D eigenvalue weighted by atomic mass is 10.1. The van der Waals surface area contributed by atoms with Crippen LogP contribution in [-0.4, -0.2) is 31.8 Å². The number of aromatic nitrogens is 1. The van der Waals surface area contributed by atoms with Crippen LogP contribution in [0.25, 0.3) is 0 Å². The predicted molar refractivity (Wildman–Crippen MR) is 122 cm³/mol. The number of fused-ring (bicyclic) bond motifs is 1. The third-order valence-corrected chi connectivity index (χ3v) is 12.5. The number of rotatable bonds is 7. The minimum atomic E-state index is -0.715. The van der Waals surface area contributed by atoms with Crippen LogP contribution in [0.2, 0.25) is 0 Å². The fourth-order valence-corrected chi connectivity index (χ4v) is 9.89. The van der Waals surface area contributed by atoms with Gasteiger partial charge in [0.05, 0.1) is 5.88 Å². The highest BCUT2D eigenvalue weighted by atomic mass is 32.3. The van der Waals surface area contributed by atoms with E-state index in [1.54, 1.807) is 11.3 Å². The Labute approximate surface area is 168 Å². The van der Waals surface area contributed by atoms with Crippen LogP contribution in [-0.2, 0) is 25.4 Å². The summed E-state index contributed by atoms with van der Waals surface area (Å²) in [6, 6.07) is 13.3. The van der Waals surface area contributed by atoms with Crippen molar-refractivity contribution in [3.05, 3.63) is 59.4 Å². The summed E-state index contributed by atoms with van der Waals surface area (Å²) < 4.78 is 2.63. The first-order valence-corrected chi connectivity index (χ1v) is 12.5. The summed E-state index contributed by atoms with van der Waals surface area (Å²) in [5.74, 6) is 1.23. The number of hydrogen-bond acceptors (Lipinski definition) is 1. The molecular formula is C24H38N2S. The van der Waals surface area contributed by atoms with Gasteiger partial charge in [0, 0.05) is 37.9 Å². The van der Waals surface area contributed by atoms with Gasteiger partial charge in [-0.2, -0.15) is 0 Å². The molecule has 2 nitrogen and oxygen atoms in total. The Morgan fingerprint density at radius 1 is 0.889 bits per heavy atom. The Bertz CT molecular complexity index is 708. The van der Waals surface area contributed by atoms with Crippen molar-refractivity contribution in [2.24, 2.45) is 0 Å². The molecule has 0 N–H and O–H groups in total. The molecule has 27 heavy (non-hydrogen) atoms. The first-order valence-electron chi connectivity index (χ1n) is 10.5. The van der Waals surface area contributed by atoms with E-state index < -0.39 is 10.0 Å². The SMILES string of the molecule is CC(C)S(Cn1ccc2c1CCN(Cc1ccccc1)C2)(C(C)C)C(C)C. The highest BCUT2D eigenvalue weighted by Crippen LogP contribution is 2.61. The van der Waals surface area contributed by atoms with Gasteiger partial charge in [-0.1, -0.05) is 71.9 Å². The van der Waals surface area contributed by atoms with Crippen LogP contribution in [0.1, 0.15) is 58.4 Å². The summed E-state index contributed by atoms with van der Waals surface area (Å²) in [7, 11) is -0.715. The molecule has 0 aliphatic carbocycles. The average molecular weight is 387 g/mol. The minimum absolute atomic E-state index is 0.715. The van der Waals surface area contributed by atoms with Crippen LogP contribution in [0, 0.1) is 0 Å². The Balaban J connectivity index is 1.78. The summed E-state index contributed by atoms with van der Waals surface area (Å²) in [6.07, 6.45) is 3.56. The number of hydrogen-bond donors (Lipinski definition) is 0. The van der Waals surface area contributed by atoms with Crippen molar-refractivity contribution in [1.29, 1.82) is 0 Å². The molecule has 2 heterocycles. The van der Waals surface area contributed by atoms with Crippen molar-refractivity contribution in [3.8, 4) is 0 Å². The summed E-state index contributed by atoms with van der Waals surface area (Å²) in [6.45, 7) is 18.0. The summed E-state index contributed by atoms with van der Waals surface area (Å²) in [4.78, 5) is 2.59. The molecule has 0 radical (unpaired) electrons. The third kappa shape index (κ3) is 4.14. The van der Waals surface area contributed by atoms with Gasteiger partial charge in [-0.15, -0.1) is 0 Å². The van der Waals surface area contributed by atoms with Crippen molar-refractivity contribution in [2.75, 3.05) is 6.54 Å². The predicted octanol–water partition coefficient (Wildman–Crippen LogP) is 6.03. The van der Waals surface area contributed by atoms with Gasteiger partial charge in [-0.25, -0.2) is 10.0 Å². The lowest BCUT2D eigenvalue weighted by Gasteiger charge is -2.52. The molecule has 1 aromatic heterocycles. The van der Waals surface area contributed by atoms with Crippen LogP contribution < -0.4 is 0 Å². The van der Waals surface area contributed by atoms with Crippen LogP contribution in [0.4, 0.5) is 0 Å². The van der Waals surface area contributed by atoms with E-state index in [0.29, 0.717) is 0 Å². The molecule has 0 unspecified atom stereocenters. The molecule has 0 amide bonds. The molecule has 3 rings (SSSR count). The summed E-state index contributed by atoms with van der Waals surface area (Å²) >= 11 is 0. The molecule has 0 fully saturated rings. The second kappa shape index (κ2) is 8.45.